The highest BCUT2D eigenvalue weighted by atomic mass is 32.2. The van der Waals surface area contributed by atoms with Crippen LogP contribution in [0.3, 0.4) is 0 Å². The summed E-state index contributed by atoms with van der Waals surface area (Å²) >= 11 is 3.15. The Morgan fingerprint density at radius 1 is 1.25 bits per heavy atom. The van der Waals surface area contributed by atoms with Crippen molar-refractivity contribution in [2.45, 2.75) is 30.6 Å². The maximum absolute atomic E-state index is 5.53. The molecule has 20 heavy (non-hydrogen) atoms. The molecule has 2 aromatic rings. The first-order valence-electron chi connectivity index (χ1n) is 6.09. The highest BCUT2D eigenvalue weighted by Crippen LogP contribution is 2.28. The van der Waals surface area contributed by atoms with Crippen LogP contribution in [0, 0.1) is 13.8 Å². The van der Waals surface area contributed by atoms with E-state index < -0.39 is 0 Å². The van der Waals surface area contributed by atoms with Gasteiger partial charge in [-0.05, 0) is 20.1 Å². The summed E-state index contributed by atoms with van der Waals surface area (Å²) in [6.07, 6.45) is 3.83. The maximum Gasteiger partial charge on any atom is 0.276 e. The average Bonchev–Trinajstić information content (AvgIpc) is 2.87. The van der Waals surface area contributed by atoms with Crippen molar-refractivity contribution >= 4 is 23.5 Å². The van der Waals surface area contributed by atoms with Gasteiger partial charge in [0, 0.05) is 23.1 Å². The predicted molar refractivity (Wildman–Crippen MR) is 81.3 cm³/mol. The van der Waals surface area contributed by atoms with Gasteiger partial charge in [0.1, 0.15) is 5.75 Å². The van der Waals surface area contributed by atoms with Crippen molar-refractivity contribution in [2.75, 3.05) is 13.4 Å². The van der Waals surface area contributed by atoms with Gasteiger partial charge < -0.3 is 9.15 Å². The van der Waals surface area contributed by atoms with Crippen molar-refractivity contribution in [3.8, 4) is 5.75 Å². The van der Waals surface area contributed by atoms with Gasteiger partial charge in [0.15, 0.2) is 0 Å². The topological polar surface area (TPSA) is 61.0 Å². The fourth-order valence-electron chi connectivity index (χ4n) is 1.83. The average molecular weight is 311 g/mol. The molecule has 7 heteroatoms. The number of hydrogen-bond acceptors (Lipinski definition) is 7. The van der Waals surface area contributed by atoms with Crippen LogP contribution in [0.1, 0.15) is 22.7 Å². The second-order valence-corrected chi connectivity index (χ2v) is 6.02. The second-order valence-electron chi connectivity index (χ2n) is 4.23. The first-order chi connectivity index (χ1) is 9.65. The number of ether oxygens (including phenoxy) is 1. The second kappa shape index (κ2) is 6.99. The normalized spacial score (nSPS) is 10.8. The van der Waals surface area contributed by atoms with Gasteiger partial charge in [-0.25, -0.2) is 0 Å². The number of aromatic nitrogens is 3. The molecule has 0 fully saturated rings. The molecule has 0 aliphatic rings. The minimum absolute atomic E-state index is 0.579. The number of thioether (sulfide) groups is 2. The van der Waals surface area contributed by atoms with Crippen LogP contribution in [0.25, 0.3) is 0 Å². The molecule has 2 heterocycles. The number of hydrogen-bond donors (Lipinski definition) is 0. The molecule has 108 valence electrons. The summed E-state index contributed by atoms with van der Waals surface area (Å²) in [6.45, 7) is 4.00. The number of nitrogens with zero attached hydrogens (tertiary/aromatic N) is 3. The molecule has 2 rings (SSSR count). The van der Waals surface area contributed by atoms with E-state index in [4.69, 9.17) is 9.15 Å². The third kappa shape index (κ3) is 3.46. The van der Waals surface area contributed by atoms with E-state index in [1.54, 1.807) is 18.9 Å². The molecule has 0 bridgehead atoms. The van der Waals surface area contributed by atoms with Gasteiger partial charge in [-0.1, -0.05) is 11.8 Å². The first kappa shape index (κ1) is 15.2. The van der Waals surface area contributed by atoms with Crippen molar-refractivity contribution in [3.63, 3.8) is 0 Å². The van der Waals surface area contributed by atoms with E-state index in [2.05, 4.69) is 15.2 Å². The minimum Gasteiger partial charge on any atom is -0.496 e. The van der Waals surface area contributed by atoms with Gasteiger partial charge in [0.05, 0.1) is 18.6 Å². The van der Waals surface area contributed by atoms with Gasteiger partial charge in [0.2, 0.25) is 5.89 Å². The molecule has 0 N–H and O–H groups in total. The van der Waals surface area contributed by atoms with Gasteiger partial charge >= 0.3 is 0 Å². The van der Waals surface area contributed by atoms with Crippen molar-refractivity contribution in [2.24, 2.45) is 0 Å². The Morgan fingerprint density at radius 3 is 2.75 bits per heavy atom. The summed E-state index contributed by atoms with van der Waals surface area (Å²) in [5, 5.41) is 8.58. The van der Waals surface area contributed by atoms with Gasteiger partial charge in [-0.2, -0.15) is 11.8 Å². The van der Waals surface area contributed by atoms with Crippen LogP contribution in [0.5, 0.6) is 5.75 Å². The molecule has 0 spiro atoms. The molecule has 2 aromatic heterocycles. The van der Waals surface area contributed by atoms with Crippen molar-refractivity contribution < 1.29 is 9.15 Å². The fourth-order valence-corrected chi connectivity index (χ4v) is 2.99. The largest absolute Gasteiger partial charge is 0.496 e. The molecular weight excluding hydrogens is 294 g/mol. The Balaban J connectivity index is 2.06. The smallest absolute Gasteiger partial charge is 0.276 e. The standard InChI is InChI=1S/C13H17N3O2S2/c1-8-5-14-10(9(2)12(8)17-3)6-20-13-16-15-11(18-13)7-19-4/h5H,6-7H2,1-4H3. The van der Waals surface area contributed by atoms with Gasteiger partial charge in [0.25, 0.3) is 5.22 Å². The van der Waals surface area contributed by atoms with Gasteiger partial charge in [-0.3, -0.25) is 4.98 Å². The third-order valence-electron chi connectivity index (χ3n) is 2.80. The Hall–Kier alpha value is -1.21. The molecule has 0 unspecified atom stereocenters. The predicted octanol–water partition coefficient (Wildman–Crippen LogP) is 3.25. The Labute approximate surface area is 126 Å². The van der Waals surface area contributed by atoms with E-state index in [-0.39, 0.29) is 0 Å². The Kier molecular flexibility index (Phi) is 5.31. The maximum atomic E-state index is 5.53. The Bertz CT molecular complexity index is 587. The summed E-state index contributed by atoms with van der Waals surface area (Å²) in [5.74, 6) is 2.97. The molecule has 0 amide bonds. The molecule has 0 aliphatic carbocycles. The first-order valence-corrected chi connectivity index (χ1v) is 8.46. The lowest BCUT2D eigenvalue weighted by atomic mass is 10.1. The molecule has 0 aliphatic heterocycles. The molecule has 0 aromatic carbocycles. The van der Waals surface area contributed by atoms with Crippen LogP contribution < -0.4 is 4.74 Å². The number of methoxy groups -OCH3 is 1. The summed E-state index contributed by atoms with van der Waals surface area (Å²) in [4.78, 5) is 4.45. The van der Waals surface area contributed by atoms with Crippen molar-refractivity contribution in [3.05, 3.63) is 28.9 Å². The Morgan fingerprint density at radius 2 is 2.05 bits per heavy atom. The van der Waals surface area contributed by atoms with E-state index in [0.717, 1.165) is 28.3 Å². The lowest BCUT2D eigenvalue weighted by Gasteiger charge is -2.11. The van der Waals surface area contributed by atoms with Crippen molar-refractivity contribution in [1.29, 1.82) is 0 Å². The van der Waals surface area contributed by atoms with Gasteiger partial charge in [-0.15, -0.1) is 10.2 Å². The molecule has 0 saturated carbocycles. The molecular formula is C13H17N3O2S2. The molecule has 5 nitrogen and oxygen atoms in total. The quantitative estimate of drug-likeness (QED) is 0.759. The number of rotatable bonds is 6. The van der Waals surface area contributed by atoms with E-state index in [9.17, 15) is 0 Å². The third-order valence-corrected chi connectivity index (χ3v) is 4.16. The highest BCUT2D eigenvalue weighted by Gasteiger charge is 2.12. The van der Waals surface area contributed by atoms with E-state index >= 15 is 0 Å². The van der Waals surface area contributed by atoms with Crippen LogP contribution in [0.15, 0.2) is 15.8 Å². The zero-order chi connectivity index (χ0) is 14.5. The summed E-state index contributed by atoms with van der Waals surface area (Å²) in [6, 6.07) is 0. The number of aryl methyl sites for hydroxylation is 1. The number of pyridine rings is 1. The fraction of sp³-hybridized carbons (Fsp3) is 0.462. The molecule has 0 saturated heterocycles. The van der Waals surface area contributed by atoms with Crippen LogP contribution in [0.2, 0.25) is 0 Å². The van der Waals surface area contributed by atoms with Crippen LogP contribution in [-0.2, 0) is 11.5 Å². The molecule has 0 atom stereocenters. The lowest BCUT2D eigenvalue weighted by Crippen LogP contribution is -1.98. The lowest BCUT2D eigenvalue weighted by molar-refractivity contribution is 0.407. The summed E-state index contributed by atoms with van der Waals surface area (Å²) in [7, 11) is 1.68. The zero-order valence-electron chi connectivity index (χ0n) is 12.0. The van der Waals surface area contributed by atoms with E-state index in [1.807, 2.05) is 26.3 Å². The van der Waals surface area contributed by atoms with Crippen molar-refractivity contribution in [1.82, 2.24) is 15.2 Å². The summed E-state index contributed by atoms with van der Waals surface area (Å²) < 4.78 is 10.9. The summed E-state index contributed by atoms with van der Waals surface area (Å²) in [5.41, 5.74) is 3.07. The zero-order valence-corrected chi connectivity index (χ0v) is 13.6. The van der Waals surface area contributed by atoms with Crippen LogP contribution >= 0.6 is 23.5 Å². The van der Waals surface area contributed by atoms with E-state index in [0.29, 0.717) is 16.9 Å². The SMILES string of the molecule is COc1c(C)cnc(CSc2nnc(CSC)o2)c1C. The minimum atomic E-state index is 0.579. The highest BCUT2D eigenvalue weighted by molar-refractivity contribution is 7.98. The van der Waals surface area contributed by atoms with Crippen LogP contribution in [0.4, 0.5) is 0 Å². The van der Waals surface area contributed by atoms with Crippen LogP contribution in [-0.4, -0.2) is 28.5 Å². The monoisotopic (exact) mass is 311 g/mol. The molecule has 0 radical (unpaired) electrons. The van der Waals surface area contributed by atoms with E-state index in [1.165, 1.54) is 11.8 Å².